The van der Waals surface area contributed by atoms with E-state index in [1.54, 1.807) is 13.0 Å². The molecule has 0 radical (unpaired) electrons. The molecule has 58 valence electrons. The molecule has 0 saturated carbocycles. The van der Waals surface area contributed by atoms with Crippen LogP contribution in [0.1, 0.15) is 16.1 Å². The minimum Gasteiger partial charge on any atom is -0.473 e. The Bertz CT molecular complexity index is 296. The Morgan fingerprint density at radius 3 is 2.64 bits per heavy atom. The van der Waals surface area contributed by atoms with Crippen LogP contribution in [0.15, 0.2) is 18.3 Å². The zero-order valence-corrected chi connectivity index (χ0v) is 5.98. The number of carboxylic acids is 1. The molecule has 0 spiro atoms. The highest BCUT2D eigenvalue weighted by Gasteiger charge is 2.17. The Morgan fingerprint density at radius 1 is 1.55 bits per heavy atom. The van der Waals surface area contributed by atoms with Gasteiger partial charge >= 0.3 is 11.7 Å². The summed E-state index contributed by atoms with van der Waals surface area (Å²) in [7, 11) is 0. The van der Waals surface area contributed by atoms with Gasteiger partial charge in [0.15, 0.2) is 0 Å². The number of hydrogen-bond donors (Lipinski definition) is 2. The van der Waals surface area contributed by atoms with Crippen LogP contribution in [0.2, 0.25) is 0 Å². The predicted molar refractivity (Wildman–Crippen MR) is 35.5 cm³/mol. The lowest BCUT2D eigenvalue weighted by Gasteiger charge is -1.90. The number of aromatic carboxylic acids is 1. The molecule has 1 aromatic heterocycles. The van der Waals surface area contributed by atoms with Crippen molar-refractivity contribution in [1.82, 2.24) is 0 Å². The lowest BCUT2D eigenvalue weighted by atomic mass is 10.3. The number of carbonyl (C=O) groups is 1. The summed E-state index contributed by atoms with van der Waals surface area (Å²) in [5.41, 5.74) is 0.660. The molecule has 0 unspecified atom stereocenters. The summed E-state index contributed by atoms with van der Waals surface area (Å²) >= 11 is 0. The number of hydrogen-bond acceptors (Lipinski definition) is 2. The number of pyridine rings is 1. The normalized spacial score (nSPS) is 9.55. The quantitative estimate of drug-likeness (QED) is 0.449. The fraction of sp³-hybridized carbons (Fsp3) is 0.143. The van der Waals surface area contributed by atoms with Gasteiger partial charge in [-0.05, 0) is 13.0 Å². The molecule has 1 heterocycles. The maximum absolute atomic E-state index is 10.4. The largest absolute Gasteiger partial charge is 0.473 e. The molecule has 4 nitrogen and oxygen atoms in total. The first-order chi connectivity index (χ1) is 5.11. The highest BCUT2D eigenvalue weighted by molar-refractivity contribution is 5.83. The Morgan fingerprint density at radius 2 is 2.18 bits per heavy atom. The molecule has 0 fully saturated rings. The van der Waals surface area contributed by atoms with Crippen molar-refractivity contribution in [3.05, 3.63) is 29.6 Å². The van der Waals surface area contributed by atoms with Crippen molar-refractivity contribution in [1.29, 1.82) is 0 Å². The fourth-order valence-electron chi connectivity index (χ4n) is 0.761. The van der Waals surface area contributed by atoms with E-state index in [1.807, 2.05) is 0 Å². The van der Waals surface area contributed by atoms with Crippen LogP contribution >= 0.6 is 0 Å². The highest BCUT2D eigenvalue weighted by atomic mass is 16.5. The van der Waals surface area contributed by atoms with E-state index in [2.05, 4.69) is 0 Å². The molecule has 0 aromatic carbocycles. The molecule has 0 amide bonds. The van der Waals surface area contributed by atoms with Crippen LogP contribution < -0.4 is 4.73 Å². The summed E-state index contributed by atoms with van der Waals surface area (Å²) in [6.07, 6.45) is 1.34. The van der Waals surface area contributed by atoms with Gasteiger partial charge in [-0.15, -0.1) is 0 Å². The van der Waals surface area contributed by atoms with Gasteiger partial charge in [-0.25, -0.2) is 4.79 Å². The average molecular weight is 154 g/mol. The summed E-state index contributed by atoms with van der Waals surface area (Å²) in [5.74, 6) is -1.15. The lowest BCUT2D eigenvalue weighted by molar-refractivity contribution is -0.906. The molecule has 0 atom stereocenters. The topological polar surface area (TPSA) is 61.4 Å². The third-order valence-electron chi connectivity index (χ3n) is 1.30. The molecule has 2 N–H and O–H groups in total. The third-order valence-corrected chi connectivity index (χ3v) is 1.30. The van der Waals surface area contributed by atoms with E-state index in [-0.39, 0.29) is 5.69 Å². The molecule has 11 heavy (non-hydrogen) atoms. The van der Waals surface area contributed by atoms with Gasteiger partial charge in [-0.3, -0.25) is 5.21 Å². The van der Waals surface area contributed by atoms with Gasteiger partial charge in [0.25, 0.3) is 0 Å². The average Bonchev–Trinajstić information content (AvgIpc) is 1.85. The standard InChI is InChI=1S/C7H7NO3/c1-5-2-3-6(7(9)10)8(11)4-5/h2-4H,1H3,(H-,9,10,11)/p+1. The number of aromatic nitrogens is 1. The molecule has 0 aliphatic heterocycles. The first kappa shape index (κ1) is 7.53. The third kappa shape index (κ3) is 1.46. The van der Waals surface area contributed by atoms with E-state index in [4.69, 9.17) is 10.3 Å². The van der Waals surface area contributed by atoms with E-state index < -0.39 is 5.97 Å². The zero-order chi connectivity index (χ0) is 8.43. The Labute approximate surface area is 63.3 Å². The van der Waals surface area contributed by atoms with E-state index in [1.165, 1.54) is 12.3 Å². The molecule has 0 bridgehead atoms. The Hall–Kier alpha value is -1.58. The molecule has 1 rings (SSSR count). The molecule has 0 saturated heterocycles. The van der Waals surface area contributed by atoms with Crippen LogP contribution in [0.25, 0.3) is 0 Å². The molecular weight excluding hydrogens is 146 g/mol. The summed E-state index contributed by atoms with van der Waals surface area (Å²) in [5, 5.41) is 17.5. The van der Waals surface area contributed by atoms with Crippen LogP contribution in [0, 0.1) is 6.92 Å². The number of rotatable bonds is 1. The second kappa shape index (κ2) is 2.57. The fourth-order valence-corrected chi connectivity index (χ4v) is 0.761. The van der Waals surface area contributed by atoms with E-state index in [0.29, 0.717) is 4.73 Å². The molecular formula is C7H8NO3+. The zero-order valence-electron chi connectivity index (χ0n) is 5.98. The van der Waals surface area contributed by atoms with Gasteiger partial charge in [-0.1, -0.05) is 0 Å². The first-order valence-corrected chi connectivity index (χ1v) is 3.06. The van der Waals surface area contributed by atoms with Crippen molar-refractivity contribution in [2.75, 3.05) is 0 Å². The molecule has 4 heteroatoms. The van der Waals surface area contributed by atoms with Crippen LogP contribution in [-0.2, 0) is 0 Å². The van der Waals surface area contributed by atoms with Crippen molar-refractivity contribution in [2.45, 2.75) is 6.92 Å². The Kier molecular flexibility index (Phi) is 1.76. The van der Waals surface area contributed by atoms with Gasteiger partial charge in [0.05, 0.1) is 0 Å². The highest BCUT2D eigenvalue weighted by Crippen LogP contribution is 1.94. The van der Waals surface area contributed by atoms with Crippen molar-refractivity contribution >= 4 is 5.97 Å². The lowest BCUT2D eigenvalue weighted by Crippen LogP contribution is -2.37. The second-order valence-electron chi connectivity index (χ2n) is 2.24. The van der Waals surface area contributed by atoms with Crippen LogP contribution in [0.5, 0.6) is 0 Å². The van der Waals surface area contributed by atoms with Crippen molar-refractivity contribution < 1.29 is 19.8 Å². The summed E-state index contributed by atoms with van der Waals surface area (Å²) in [6, 6.07) is 2.97. The molecule has 0 aliphatic carbocycles. The summed E-state index contributed by atoms with van der Waals surface area (Å²) in [4.78, 5) is 10.4. The second-order valence-corrected chi connectivity index (χ2v) is 2.24. The minimum absolute atomic E-state index is 0.143. The monoisotopic (exact) mass is 154 g/mol. The maximum atomic E-state index is 10.4. The minimum atomic E-state index is -1.15. The van der Waals surface area contributed by atoms with Crippen LogP contribution in [-0.4, -0.2) is 16.3 Å². The number of carboxylic acid groups (broad SMARTS) is 1. The molecule has 1 aromatic rings. The van der Waals surface area contributed by atoms with E-state index >= 15 is 0 Å². The predicted octanol–water partition coefficient (Wildman–Crippen LogP) is 0.218. The van der Waals surface area contributed by atoms with Crippen LogP contribution in [0.3, 0.4) is 0 Å². The van der Waals surface area contributed by atoms with E-state index in [9.17, 15) is 4.79 Å². The maximum Gasteiger partial charge on any atom is 0.406 e. The number of aryl methyl sites for hydroxylation is 1. The smallest absolute Gasteiger partial charge is 0.406 e. The van der Waals surface area contributed by atoms with E-state index in [0.717, 1.165) is 5.56 Å². The van der Waals surface area contributed by atoms with Crippen molar-refractivity contribution in [2.24, 2.45) is 0 Å². The van der Waals surface area contributed by atoms with Crippen LogP contribution in [0.4, 0.5) is 0 Å². The van der Waals surface area contributed by atoms with Gasteiger partial charge in [0.2, 0.25) is 6.20 Å². The van der Waals surface area contributed by atoms with Gasteiger partial charge in [-0.2, -0.15) is 0 Å². The summed E-state index contributed by atoms with van der Waals surface area (Å²) < 4.78 is 0.595. The van der Waals surface area contributed by atoms with Crippen molar-refractivity contribution in [3.63, 3.8) is 0 Å². The number of nitrogens with zero attached hydrogens (tertiary/aromatic N) is 1. The van der Waals surface area contributed by atoms with Gasteiger partial charge in [0.1, 0.15) is 0 Å². The SMILES string of the molecule is Cc1ccc(C(=O)O)[n+](O)c1. The van der Waals surface area contributed by atoms with Gasteiger partial charge < -0.3 is 5.11 Å². The molecule has 0 aliphatic rings. The summed E-state index contributed by atoms with van der Waals surface area (Å²) in [6.45, 7) is 1.76. The van der Waals surface area contributed by atoms with Crippen molar-refractivity contribution in [3.8, 4) is 0 Å². The first-order valence-electron chi connectivity index (χ1n) is 3.06. The Balaban J connectivity index is 3.20. The van der Waals surface area contributed by atoms with Gasteiger partial charge in [0, 0.05) is 16.4 Å².